The Morgan fingerprint density at radius 1 is 1.19 bits per heavy atom. The summed E-state index contributed by atoms with van der Waals surface area (Å²) in [6.45, 7) is 4.45. The summed E-state index contributed by atoms with van der Waals surface area (Å²) in [5.74, 6) is 3.50. The number of hydrogen-bond donors (Lipinski definition) is 1. The van der Waals surface area contributed by atoms with Crippen molar-refractivity contribution < 1.29 is 14.0 Å². The molecule has 0 bridgehead atoms. The fourth-order valence-corrected chi connectivity index (χ4v) is 2.82. The topological polar surface area (TPSA) is 69.4 Å². The van der Waals surface area contributed by atoms with E-state index < -0.39 is 0 Å². The average Bonchev–Trinajstić information content (AvgIpc) is 3.15. The van der Waals surface area contributed by atoms with Crippen molar-refractivity contribution in [2.75, 3.05) is 19.7 Å². The molecule has 2 aromatic rings. The van der Waals surface area contributed by atoms with Crippen LogP contribution in [0.15, 0.2) is 28.8 Å². The van der Waals surface area contributed by atoms with Gasteiger partial charge in [-0.25, -0.2) is 0 Å². The van der Waals surface area contributed by atoms with Gasteiger partial charge in [0.15, 0.2) is 17.6 Å². The van der Waals surface area contributed by atoms with Crippen LogP contribution in [0.2, 0.25) is 0 Å². The molecule has 0 aliphatic carbocycles. The lowest BCUT2D eigenvalue weighted by molar-refractivity contribution is 0.0832. The molecule has 6 heteroatoms. The minimum absolute atomic E-state index is 0.281. The lowest BCUT2D eigenvalue weighted by atomic mass is 9.98. The van der Waals surface area contributed by atoms with Crippen LogP contribution in [0.25, 0.3) is 0 Å². The van der Waals surface area contributed by atoms with Crippen molar-refractivity contribution in [1.29, 1.82) is 0 Å². The molecule has 2 aliphatic heterocycles. The van der Waals surface area contributed by atoms with Gasteiger partial charge in [0.05, 0.1) is 5.92 Å². The highest BCUT2D eigenvalue weighted by Crippen LogP contribution is 2.35. The zero-order valence-corrected chi connectivity index (χ0v) is 11.8. The van der Waals surface area contributed by atoms with E-state index in [1.807, 2.05) is 24.3 Å². The van der Waals surface area contributed by atoms with Gasteiger partial charge in [-0.1, -0.05) is 24.2 Å². The smallest absolute Gasteiger partial charge is 0.231 e. The van der Waals surface area contributed by atoms with E-state index >= 15 is 0 Å². The van der Waals surface area contributed by atoms with E-state index in [2.05, 4.69) is 22.4 Å². The minimum Gasteiger partial charge on any atom is -0.485 e. The summed E-state index contributed by atoms with van der Waals surface area (Å²) >= 11 is 0. The van der Waals surface area contributed by atoms with Crippen LogP contribution >= 0.6 is 0 Å². The highest BCUT2D eigenvalue weighted by atomic mass is 16.6. The van der Waals surface area contributed by atoms with Gasteiger partial charge in [0, 0.05) is 6.54 Å². The maximum Gasteiger partial charge on any atom is 0.231 e. The van der Waals surface area contributed by atoms with Crippen molar-refractivity contribution >= 4 is 0 Å². The third-order valence-electron chi connectivity index (χ3n) is 4.09. The molecule has 4 rings (SSSR count). The van der Waals surface area contributed by atoms with Gasteiger partial charge in [-0.3, -0.25) is 0 Å². The van der Waals surface area contributed by atoms with Crippen molar-refractivity contribution in [3.05, 3.63) is 36.0 Å². The Morgan fingerprint density at radius 2 is 2.05 bits per heavy atom. The molecule has 1 N–H and O–H groups in total. The fraction of sp³-hybridized carbons (Fsp3) is 0.467. The van der Waals surface area contributed by atoms with Gasteiger partial charge < -0.3 is 19.3 Å². The Hall–Kier alpha value is -2.08. The normalized spacial score (nSPS) is 27.8. The quantitative estimate of drug-likeness (QED) is 0.910. The highest BCUT2D eigenvalue weighted by Gasteiger charge is 2.32. The summed E-state index contributed by atoms with van der Waals surface area (Å²) < 4.78 is 17.0. The molecule has 6 nitrogen and oxygen atoms in total. The molecule has 3 atom stereocenters. The van der Waals surface area contributed by atoms with Gasteiger partial charge in [0.1, 0.15) is 6.61 Å². The van der Waals surface area contributed by atoms with Gasteiger partial charge in [-0.05, 0) is 24.6 Å². The van der Waals surface area contributed by atoms with Crippen LogP contribution in [0.4, 0.5) is 0 Å². The van der Waals surface area contributed by atoms with Crippen molar-refractivity contribution in [1.82, 2.24) is 15.5 Å². The molecule has 1 unspecified atom stereocenters. The standard InChI is InChI=1S/C15H17N3O3/c1-9-6-16-7-10(9)15-17-14(18-21-15)13-8-19-11-4-2-3-5-12(11)20-13/h2-5,9-10,13,16H,6-8H2,1H3/t9-,10-,13?/m1/s1. The first-order chi connectivity index (χ1) is 10.3. The number of rotatable bonds is 2. The van der Waals surface area contributed by atoms with E-state index in [0.717, 1.165) is 24.6 Å². The van der Waals surface area contributed by atoms with E-state index in [9.17, 15) is 0 Å². The number of hydrogen-bond acceptors (Lipinski definition) is 6. The summed E-state index contributed by atoms with van der Waals surface area (Å²) in [5, 5.41) is 7.41. The Bertz CT molecular complexity index is 643. The van der Waals surface area contributed by atoms with Gasteiger partial charge >= 0.3 is 0 Å². The maximum atomic E-state index is 5.90. The second kappa shape index (κ2) is 5.04. The third-order valence-corrected chi connectivity index (χ3v) is 4.09. The Morgan fingerprint density at radius 3 is 2.86 bits per heavy atom. The zero-order chi connectivity index (χ0) is 14.2. The Kier molecular flexibility index (Phi) is 3.03. The maximum absolute atomic E-state index is 5.90. The average molecular weight is 287 g/mol. The summed E-state index contributed by atoms with van der Waals surface area (Å²) in [6.07, 6.45) is -0.318. The number of aromatic nitrogens is 2. The molecule has 1 saturated heterocycles. The van der Waals surface area contributed by atoms with Gasteiger partial charge in [0.25, 0.3) is 0 Å². The molecule has 1 fully saturated rings. The molecule has 3 heterocycles. The van der Waals surface area contributed by atoms with Crippen LogP contribution in [-0.4, -0.2) is 29.8 Å². The van der Waals surface area contributed by atoms with Crippen molar-refractivity contribution in [3.63, 3.8) is 0 Å². The molecular weight excluding hydrogens is 270 g/mol. The van der Waals surface area contributed by atoms with Crippen LogP contribution in [0.5, 0.6) is 11.5 Å². The van der Waals surface area contributed by atoms with Crippen molar-refractivity contribution in [3.8, 4) is 11.5 Å². The van der Waals surface area contributed by atoms with Gasteiger partial charge in [0.2, 0.25) is 11.7 Å². The van der Waals surface area contributed by atoms with Crippen molar-refractivity contribution in [2.24, 2.45) is 5.92 Å². The molecule has 0 radical (unpaired) electrons. The van der Waals surface area contributed by atoms with Crippen molar-refractivity contribution in [2.45, 2.75) is 18.9 Å². The van der Waals surface area contributed by atoms with Gasteiger partial charge in [-0.15, -0.1) is 0 Å². The number of fused-ring (bicyclic) bond motifs is 1. The highest BCUT2D eigenvalue weighted by molar-refractivity contribution is 5.40. The number of para-hydroxylation sites is 2. The lowest BCUT2D eigenvalue weighted by Gasteiger charge is -2.24. The van der Waals surface area contributed by atoms with Crippen LogP contribution in [0.3, 0.4) is 0 Å². The Balaban J connectivity index is 1.54. The largest absolute Gasteiger partial charge is 0.485 e. The first kappa shape index (κ1) is 12.6. The predicted octanol–water partition coefficient (Wildman–Crippen LogP) is 1.90. The Labute approximate surface area is 122 Å². The van der Waals surface area contributed by atoms with E-state index in [1.54, 1.807) is 0 Å². The third kappa shape index (κ3) is 2.25. The van der Waals surface area contributed by atoms with Gasteiger partial charge in [-0.2, -0.15) is 4.98 Å². The summed E-state index contributed by atoms with van der Waals surface area (Å²) in [6, 6.07) is 7.60. The fourth-order valence-electron chi connectivity index (χ4n) is 2.82. The van der Waals surface area contributed by atoms with E-state index in [4.69, 9.17) is 14.0 Å². The summed E-state index contributed by atoms with van der Waals surface area (Å²) in [4.78, 5) is 4.52. The summed E-state index contributed by atoms with van der Waals surface area (Å²) in [7, 11) is 0. The monoisotopic (exact) mass is 287 g/mol. The SMILES string of the molecule is C[C@@H]1CNC[C@H]1c1nc(C2COc3ccccc3O2)no1. The van der Waals surface area contributed by atoms with Crippen LogP contribution in [-0.2, 0) is 0 Å². The van der Waals surface area contributed by atoms with E-state index in [0.29, 0.717) is 24.2 Å². The zero-order valence-electron chi connectivity index (χ0n) is 11.8. The molecular formula is C15H17N3O3. The second-order valence-corrected chi connectivity index (χ2v) is 5.60. The van der Waals surface area contributed by atoms with E-state index in [-0.39, 0.29) is 12.0 Å². The lowest BCUT2D eigenvalue weighted by Crippen LogP contribution is -2.22. The number of ether oxygens (including phenoxy) is 2. The number of benzene rings is 1. The van der Waals surface area contributed by atoms with E-state index in [1.165, 1.54) is 0 Å². The second-order valence-electron chi connectivity index (χ2n) is 5.60. The number of nitrogens with one attached hydrogen (secondary N) is 1. The molecule has 1 aromatic heterocycles. The van der Waals surface area contributed by atoms with Crippen LogP contribution < -0.4 is 14.8 Å². The first-order valence-corrected chi connectivity index (χ1v) is 7.24. The molecule has 0 saturated carbocycles. The predicted molar refractivity (Wildman–Crippen MR) is 74.4 cm³/mol. The number of nitrogens with zero attached hydrogens (tertiary/aromatic N) is 2. The molecule has 2 aliphatic rings. The molecule has 0 spiro atoms. The minimum atomic E-state index is -0.318. The summed E-state index contributed by atoms with van der Waals surface area (Å²) in [5.41, 5.74) is 0. The first-order valence-electron chi connectivity index (χ1n) is 7.24. The molecule has 21 heavy (non-hydrogen) atoms. The van der Waals surface area contributed by atoms with Crippen LogP contribution in [0, 0.1) is 5.92 Å². The molecule has 0 amide bonds. The van der Waals surface area contributed by atoms with Crippen LogP contribution in [0.1, 0.15) is 30.7 Å². The molecule has 110 valence electrons. The molecule has 1 aromatic carbocycles.